The van der Waals surface area contributed by atoms with Crippen LogP contribution in [0, 0.1) is 6.92 Å². The van der Waals surface area contributed by atoms with Crippen LogP contribution in [0.1, 0.15) is 33.7 Å². The standard InChI is InChI=1S/C26H23N3O5S/c1-18-7-4-13-24-27-21(16-25(30)29(18)24)17-34-26(31)20-9-5-11-22(15-20)35(32,33)28-14-6-10-19-8-2-3-12-23(19)28/h2-5,7-9,11-13,15-16H,6,10,14,17H2,1H3. The fourth-order valence-corrected chi connectivity index (χ4v) is 5.91. The molecule has 2 aromatic carbocycles. The number of sulfonamides is 1. The second kappa shape index (κ2) is 8.99. The molecule has 0 spiro atoms. The van der Waals surface area contributed by atoms with Crippen molar-refractivity contribution in [1.82, 2.24) is 9.38 Å². The molecule has 4 aromatic rings. The van der Waals surface area contributed by atoms with Crippen LogP contribution in [-0.2, 0) is 27.8 Å². The monoisotopic (exact) mass is 489 g/mol. The van der Waals surface area contributed by atoms with Crippen molar-refractivity contribution < 1.29 is 17.9 Å². The van der Waals surface area contributed by atoms with E-state index < -0.39 is 16.0 Å². The van der Waals surface area contributed by atoms with Crippen LogP contribution in [0.15, 0.2) is 82.5 Å². The van der Waals surface area contributed by atoms with E-state index >= 15 is 0 Å². The van der Waals surface area contributed by atoms with Gasteiger partial charge in [0.1, 0.15) is 12.3 Å². The van der Waals surface area contributed by atoms with Gasteiger partial charge in [-0.25, -0.2) is 18.2 Å². The third-order valence-corrected chi connectivity index (χ3v) is 7.82. The molecule has 0 unspecified atom stereocenters. The first-order valence-electron chi connectivity index (χ1n) is 11.2. The molecule has 35 heavy (non-hydrogen) atoms. The summed E-state index contributed by atoms with van der Waals surface area (Å²) in [6.45, 7) is 1.96. The first-order valence-corrected chi connectivity index (χ1v) is 12.6. The normalized spacial score (nSPS) is 13.5. The molecular weight excluding hydrogens is 466 g/mol. The topological polar surface area (TPSA) is 98.0 Å². The van der Waals surface area contributed by atoms with E-state index in [0.717, 1.165) is 24.1 Å². The van der Waals surface area contributed by atoms with Crippen molar-refractivity contribution >= 4 is 27.3 Å². The molecule has 0 saturated carbocycles. The van der Waals surface area contributed by atoms with Gasteiger partial charge in [-0.05, 0) is 61.7 Å². The number of aryl methyl sites for hydroxylation is 2. The number of pyridine rings is 1. The Morgan fingerprint density at radius 1 is 1.03 bits per heavy atom. The van der Waals surface area contributed by atoms with Crippen molar-refractivity contribution in [2.75, 3.05) is 10.8 Å². The Balaban J connectivity index is 1.37. The Hall–Kier alpha value is -3.98. The van der Waals surface area contributed by atoms with E-state index in [9.17, 15) is 18.0 Å². The van der Waals surface area contributed by atoms with Gasteiger partial charge in [0.15, 0.2) is 0 Å². The van der Waals surface area contributed by atoms with Crippen LogP contribution < -0.4 is 9.86 Å². The van der Waals surface area contributed by atoms with Gasteiger partial charge in [0.25, 0.3) is 15.6 Å². The van der Waals surface area contributed by atoms with E-state index in [1.54, 1.807) is 31.2 Å². The van der Waals surface area contributed by atoms with Gasteiger partial charge in [-0.15, -0.1) is 0 Å². The minimum Gasteiger partial charge on any atom is -0.456 e. The molecule has 0 saturated heterocycles. The maximum absolute atomic E-state index is 13.4. The van der Waals surface area contributed by atoms with E-state index in [0.29, 0.717) is 23.6 Å². The minimum absolute atomic E-state index is 0.0150. The summed E-state index contributed by atoms with van der Waals surface area (Å²) in [6.07, 6.45) is 1.54. The second-order valence-corrected chi connectivity index (χ2v) is 10.2. The van der Waals surface area contributed by atoms with E-state index in [4.69, 9.17) is 4.74 Å². The second-order valence-electron chi connectivity index (χ2n) is 8.36. The Bertz CT molecular complexity index is 1610. The number of fused-ring (bicyclic) bond motifs is 2. The van der Waals surface area contributed by atoms with Crippen molar-refractivity contribution in [3.63, 3.8) is 0 Å². The number of ether oxygens (including phenoxy) is 1. The molecule has 0 radical (unpaired) electrons. The van der Waals surface area contributed by atoms with Crippen LogP contribution >= 0.6 is 0 Å². The average molecular weight is 490 g/mol. The molecule has 0 fully saturated rings. The van der Waals surface area contributed by atoms with Gasteiger partial charge in [0.05, 0.1) is 21.8 Å². The van der Waals surface area contributed by atoms with Crippen LogP contribution in [0.25, 0.3) is 5.65 Å². The van der Waals surface area contributed by atoms with E-state index in [1.165, 1.54) is 39.0 Å². The highest BCUT2D eigenvalue weighted by Gasteiger charge is 2.29. The summed E-state index contributed by atoms with van der Waals surface area (Å²) < 4.78 is 35.1. The Morgan fingerprint density at radius 3 is 2.69 bits per heavy atom. The van der Waals surface area contributed by atoms with E-state index in [-0.39, 0.29) is 22.6 Å². The lowest BCUT2D eigenvalue weighted by molar-refractivity contribution is 0.0467. The number of aromatic nitrogens is 2. The van der Waals surface area contributed by atoms with Crippen molar-refractivity contribution in [2.45, 2.75) is 31.3 Å². The zero-order valence-corrected chi connectivity index (χ0v) is 19.9. The number of esters is 1. The largest absolute Gasteiger partial charge is 0.456 e. The fourth-order valence-electron chi connectivity index (χ4n) is 4.32. The molecule has 8 nitrogen and oxygen atoms in total. The average Bonchev–Trinajstić information content (AvgIpc) is 2.87. The fraction of sp³-hybridized carbons (Fsp3) is 0.192. The Labute approximate surface area is 202 Å². The van der Waals surface area contributed by atoms with Gasteiger partial charge < -0.3 is 4.74 Å². The molecule has 0 amide bonds. The minimum atomic E-state index is -3.86. The molecule has 2 aromatic heterocycles. The molecule has 0 aliphatic carbocycles. The van der Waals surface area contributed by atoms with Crippen molar-refractivity contribution in [3.05, 3.63) is 106 Å². The van der Waals surface area contributed by atoms with E-state index in [2.05, 4.69) is 4.98 Å². The van der Waals surface area contributed by atoms with Gasteiger partial charge in [-0.3, -0.25) is 13.5 Å². The molecule has 3 heterocycles. The smallest absolute Gasteiger partial charge is 0.338 e. The number of nitrogens with zero attached hydrogens (tertiary/aromatic N) is 3. The molecule has 178 valence electrons. The van der Waals surface area contributed by atoms with Gasteiger partial charge >= 0.3 is 5.97 Å². The zero-order valence-electron chi connectivity index (χ0n) is 19.0. The predicted octanol–water partition coefficient (Wildman–Crippen LogP) is 3.50. The summed E-state index contributed by atoms with van der Waals surface area (Å²) in [4.78, 5) is 29.6. The van der Waals surface area contributed by atoms with Crippen LogP contribution in [-0.4, -0.2) is 30.3 Å². The number of anilines is 1. The van der Waals surface area contributed by atoms with Crippen LogP contribution in [0.4, 0.5) is 5.69 Å². The Morgan fingerprint density at radius 2 is 1.83 bits per heavy atom. The van der Waals surface area contributed by atoms with Crippen LogP contribution in [0.3, 0.4) is 0 Å². The molecule has 9 heteroatoms. The molecule has 0 bridgehead atoms. The summed E-state index contributed by atoms with van der Waals surface area (Å²) >= 11 is 0. The quantitative estimate of drug-likeness (QED) is 0.398. The maximum atomic E-state index is 13.4. The number of hydrogen-bond donors (Lipinski definition) is 0. The number of carbonyl (C=O) groups is 1. The third-order valence-electron chi connectivity index (χ3n) is 6.01. The number of rotatable bonds is 5. The maximum Gasteiger partial charge on any atom is 0.338 e. The molecule has 0 N–H and O–H groups in total. The Kier molecular flexibility index (Phi) is 5.86. The van der Waals surface area contributed by atoms with Crippen molar-refractivity contribution in [1.29, 1.82) is 0 Å². The number of carbonyl (C=O) groups excluding carboxylic acids is 1. The van der Waals surface area contributed by atoms with Crippen LogP contribution in [0.5, 0.6) is 0 Å². The summed E-state index contributed by atoms with van der Waals surface area (Å²) in [5, 5.41) is 0. The lowest BCUT2D eigenvalue weighted by Gasteiger charge is -2.30. The van der Waals surface area contributed by atoms with Crippen LogP contribution in [0.2, 0.25) is 0 Å². The van der Waals surface area contributed by atoms with Gasteiger partial charge in [0, 0.05) is 18.3 Å². The molecule has 1 aliphatic heterocycles. The number of benzene rings is 2. The summed E-state index contributed by atoms with van der Waals surface area (Å²) in [5.74, 6) is -0.702. The van der Waals surface area contributed by atoms with Crippen molar-refractivity contribution in [3.8, 4) is 0 Å². The predicted molar refractivity (Wildman–Crippen MR) is 131 cm³/mol. The lowest BCUT2D eigenvalue weighted by Crippen LogP contribution is -2.35. The summed E-state index contributed by atoms with van der Waals surface area (Å²) in [7, 11) is -3.86. The highest BCUT2D eigenvalue weighted by Crippen LogP contribution is 2.32. The molecule has 5 rings (SSSR count). The first kappa shape index (κ1) is 22.8. The number of hydrogen-bond acceptors (Lipinski definition) is 6. The summed E-state index contributed by atoms with van der Waals surface area (Å²) in [6, 6.07) is 19.9. The van der Waals surface area contributed by atoms with Crippen molar-refractivity contribution in [2.24, 2.45) is 0 Å². The highest BCUT2D eigenvalue weighted by atomic mass is 32.2. The third kappa shape index (κ3) is 4.30. The lowest BCUT2D eigenvalue weighted by atomic mass is 10.0. The summed E-state index contributed by atoms with van der Waals surface area (Å²) in [5.41, 5.74) is 2.99. The molecule has 0 atom stereocenters. The van der Waals surface area contributed by atoms with E-state index in [1.807, 2.05) is 18.2 Å². The van der Waals surface area contributed by atoms with Gasteiger partial charge in [-0.2, -0.15) is 0 Å². The van der Waals surface area contributed by atoms with Gasteiger partial charge in [0.2, 0.25) is 0 Å². The number of para-hydroxylation sites is 1. The molecular formula is C26H23N3O5S. The SMILES string of the molecule is Cc1cccc2nc(COC(=O)c3cccc(S(=O)(=O)N4CCCc5ccccc54)c3)cc(=O)n12. The zero-order chi connectivity index (χ0) is 24.6. The molecule has 1 aliphatic rings. The first-order chi connectivity index (χ1) is 16.8. The highest BCUT2D eigenvalue weighted by molar-refractivity contribution is 7.92. The van der Waals surface area contributed by atoms with Gasteiger partial charge in [-0.1, -0.05) is 30.3 Å².